The van der Waals surface area contributed by atoms with Gasteiger partial charge >= 0.3 is 0 Å². The van der Waals surface area contributed by atoms with Gasteiger partial charge in [-0.3, -0.25) is 4.79 Å². The second kappa shape index (κ2) is 8.56. The number of amides is 1. The summed E-state index contributed by atoms with van der Waals surface area (Å²) in [6.07, 6.45) is 7.79. The van der Waals surface area contributed by atoms with Gasteiger partial charge in [0.2, 0.25) is 5.91 Å². The fraction of sp³-hybridized carbons (Fsp3) is 0.360. The van der Waals surface area contributed by atoms with Crippen molar-refractivity contribution in [2.45, 2.75) is 50.6 Å². The van der Waals surface area contributed by atoms with Crippen molar-refractivity contribution in [2.24, 2.45) is 5.41 Å². The lowest BCUT2D eigenvalue weighted by Crippen LogP contribution is -2.55. The van der Waals surface area contributed by atoms with Crippen molar-refractivity contribution in [1.29, 1.82) is 0 Å². The van der Waals surface area contributed by atoms with Crippen LogP contribution in [0.5, 0.6) is 0 Å². The van der Waals surface area contributed by atoms with Crippen molar-refractivity contribution < 1.29 is 9.59 Å². The van der Waals surface area contributed by atoms with Crippen LogP contribution in [0.1, 0.15) is 55.7 Å². The molecule has 1 saturated heterocycles. The topological polar surface area (TPSA) is 37.4 Å². The van der Waals surface area contributed by atoms with Crippen LogP contribution in [0.25, 0.3) is 0 Å². The van der Waals surface area contributed by atoms with E-state index in [1.54, 1.807) is 0 Å². The van der Waals surface area contributed by atoms with Gasteiger partial charge in [-0.15, -0.1) is 0 Å². The first kappa shape index (κ1) is 21.1. The standard InChI is InChI=1S/C25H25Cl2NO2/c1-25(13-14-29)16-22(18-5-4-6-20(27)15-18)23(17-9-11-19(26)12-10-17)28(24(25)30)21-7-2-3-8-21/h2,4-7,9-12,14-15,21-23H,3,8,13,16H2,1H3. The van der Waals surface area contributed by atoms with Crippen LogP contribution in [0, 0.1) is 5.41 Å². The van der Waals surface area contributed by atoms with Gasteiger partial charge in [0.05, 0.1) is 17.5 Å². The van der Waals surface area contributed by atoms with Crippen LogP contribution in [0.4, 0.5) is 0 Å². The molecule has 1 fully saturated rings. The third kappa shape index (κ3) is 3.93. The van der Waals surface area contributed by atoms with E-state index in [1.165, 1.54) is 0 Å². The Labute approximate surface area is 187 Å². The first-order valence-corrected chi connectivity index (χ1v) is 11.1. The number of rotatable bonds is 5. The van der Waals surface area contributed by atoms with E-state index >= 15 is 0 Å². The smallest absolute Gasteiger partial charge is 0.229 e. The highest BCUT2D eigenvalue weighted by Gasteiger charge is 2.51. The van der Waals surface area contributed by atoms with Crippen LogP contribution in [-0.2, 0) is 9.59 Å². The zero-order chi connectivity index (χ0) is 21.3. The molecule has 1 amide bonds. The van der Waals surface area contributed by atoms with Gasteiger partial charge in [-0.25, -0.2) is 0 Å². The number of halogens is 2. The van der Waals surface area contributed by atoms with Crippen molar-refractivity contribution in [3.8, 4) is 0 Å². The minimum atomic E-state index is -0.742. The molecule has 4 unspecified atom stereocenters. The Morgan fingerprint density at radius 3 is 2.50 bits per heavy atom. The van der Waals surface area contributed by atoms with E-state index in [4.69, 9.17) is 23.2 Å². The molecule has 156 valence electrons. The van der Waals surface area contributed by atoms with Crippen molar-refractivity contribution in [3.05, 3.63) is 81.9 Å². The number of carbonyl (C=O) groups is 2. The van der Waals surface area contributed by atoms with Crippen LogP contribution < -0.4 is 0 Å². The molecular weight excluding hydrogens is 417 g/mol. The average molecular weight is 442 g/mol. The zero-order valence-corrected chi connectivity index (χ0v) is 18.4. The Balaban J connectivity index is 1.88. The maximum absolute atomic E-state index is 13.8. The van der Waals surface area contributed by atoms with E-state index in [1.807, 2.05) is 54.3 Å². The second-order valence-electron chi connectivity index (χ2n) is 8.58. The summed E-state index contributed by atoms with van der Waals surface area (Å²) in [4.78, 5) is 27.3. The SMILES string of the molecule is CC1(CC=O)CC(c2cccc(Cl)c2)C(c2ccc(Cl)cc2)N(C2C=CCC2)C1=O. The molecule has 2 aromatic rings. The summed E-state index contributed by atoms with van der Waals surface area (Å²) in [5.74, 6) is 0.0610. The molecule has 0 bridgehead atoms. The quantitative estimate of drug-likeness (QED) is 0.399. The molecule has 3 nitrogen and oxygen atoms in total. The zero-order valence-electron chi connectivity index (χ0n) is 16.9. The number of aldehydes is 1. The van der Waals surface area contributed by atoms with Gasteiger partial charge in [0.15, 0.2) is 0 Å². The molecule has 1 heterocycles. The van der Waals surface area contributed by atoms with Crippen LogP contribution in [0.2, 0.25) is 10.0 Å². The average Bonchev–Trinajstić information content (AvgIpc) is 3.25. The third-order valence-electron chi connectivity index (χ3n) is 6.47. The van der Waals surface area contributed by atoms with Crippen LogP contribution in [0.3, 0.4) is 0 Å². The Morgan fingerprint density at radius 2 is 1.87 bits per heavy atom. The van der Waals surface area contributed by atoms with Gasteiger partial charge in [0.25, 0.3) is 0 Å². The largest absolute Gasteiger partial charge is 0.328 e. The van der Waals surface area contributed by atoms with Gasteiger partial charge in [-0.1, -0.05) is 66.5 Å². The second-order valence-corrected chi connectivity index (χ2v) is 9.45. The van der Waals surface area contributed by atoms with Crippen molar-refractivity contribution in [1.82, 2.24) is 4.90 Å². The van der Waals surface area contributed by atoms with Gasteiger partial charge in [0.1, 0.15) is 6.29 Å². The number of hydrogen-bond acceptors (Lipinski definition) is 2. The van der Waals surface area contributed by atoms with Gasteiger partial charge in [0, 0.05) is 22.4 Å². The lowest BCUT2D eigenvalue weighted by Gasteiger charge is -2.51. The maximum atomic E-state index is 13.8. The molecule has 0 saturated carbocycles. The molecule has 1 aliphatic heterocycles. The maximum Gasteiger partial charge on any atom is 0.229 e. The van der Waals surface area contributed by atoms with Crippen LogP contribution >= 0.6 is 23.2 Å². The summed E-state index contributed by atoms with van der Waals surface area (Å²) in [6, 6.07) is 15.5. The molecule has 0 N–H and O–H groups in total. The molecule has 30 heavy (non-hydrogen) atoms. The lowest BCUT2D eigenvalue weighted by molar-refractivity contribution is -0.154. The summed E-state index contributed by atoms with van der Waals surface area (Å²) >= 11 is 12.5. The minimum absolute atomic E-state index is 0.0153. The molecule has 4 atom stereocenters. The van der Waals surface area contributed by atoms with Crippen LogP contribution in [0.15, 0.2) is 60.7 Å². The first-order chi connectivity index (χ1) is 14.4. The van der Waals surface area contributed by atoms with Gasteiger partial charge in [-0.2, -0.15) is 0 Å². The predicted molar refractivity (Wildman–Crippen MR) is 121 cm³/mol. The van der Waals surface area contributed by atoms with Crippen molar-refractivity contribution in [2.75, 3.05) is 0 Å². The molecule has 4 rings (SSSR count). The fourth-order valence-corrected chi connectivity index (χ4v) is 5.29. The number of piperidine rings is 1. The number of nitrogens with zero attached hydrogens (tertiary/aromatic N) is 1. The highest BCUT2D eigenvalue weighted by molar-refractivity contribution is 6.30. The molecule has 0 spiro atoms. The van der Waals surface area contributed by atoms with E-state index in [-0.39, 0.29) is 30.3 Å². The number of benzene rings is 2. The third-order valence-corrected chi connectivity index (χ3v) is 6.96. The number of allylic oxidation sites excluding steroid dienone is 1. The van der Waals surface area contributed by atoms with E-state index < -0.39 is 5.41 Å². The molecule has 5 heteroatoms. The number of hydrogen-bond donors (Lipinski definition) is 0. The molecule has 0 radical (unpaired) electrons. The molecular formula is C25H25Cl2NO2. The minimum Gasteiger partial charge on any atom is -0.328 e. The highest BCUT2D eigenvalue weighted by Crippen LogP contribution is 2.52. The van der Waals surface area contributed by atoms with E-state index in [2.05, 4.69) is 18.2 Å². The van der Waals surface area contributed by atoms with E-state index in [0.717, 1.165) is 30.3 Å². The summed E-state index contributed by atoms with van der Waals surface area (Å²) in [5, 5.41) is 1.34. The molecule has 0 aromatic heterocycles. The monoisotopic (exact) mass is 441 g/mol. The Morgan fingerprint density at radius 1 is 1.10 bits per heavy atom. The van der Waals surface area contributed by atoms with Gasteiger partial charge < -0.3 is 9.69 Å². The molecule has 2 aromatic carbocycles. The normalized spacial score (nSPS) is 28.7. The Kier molecular flexibility index (Phi) is 6.04. The molecule has 2 aliphatic rings. The Bertz CT molecular complexity index is 971. The fourth-order valence-electron chi connectivity index (χ4n) is 4.97. The first-order valence-electron chi connectivity index (χ1n) is 10.4. The predicted octanol–water partition coefficient (Wildman–Crippen LogP) is 6.36. The van der Waals surface area contributed by atoms with Crippen LogP contribution in [-0.4, -0.2) is 23.1 Å². The van der Waals surface area contributed by atoms with Gasteiger partial charge in [-0.05, 0) is 54.7 Å². The summed E-state index contributed by atoms with van der Waals surface area (Å²) in [5.41, 5.74) is 1.39. The number of carbonyl (C=O) groups excluding carboxylic acids is 2. The van der Waals surface area contributed by atoms with Crippen molar-refractivity contribution >= 4 is 35.4 Å². The van der Waals surface area contributed by atoms with E-state index in [0.29, 0.717) is 16.5 Å². The highest BCUT2D eigenvalue weighted by atomic mass is 35.5. The summed E-state index contributed by atoms with van der Waals surface area (Å²) in [6.45, 7) is 1.92. The summed E-state index contributed by atoms with van der Waals surface area (Å²) in [7, 11) is 0. The molecule has 1 aliphatic carbocycles. The summed E-state index contributed by atoms with van der Waals surface area (Å²) < 4.78 is 0. The lowest BCUT2D eigenvalue weighted by atomic mass is 9.67. The Hall–Kier alpha value is -2.10. The number of likely N-dealkylation sites (tertiary alicyclic amines) is 1. The van der Waals surface area contributed by atoms with Crippen molar-refractivity contribution in [3.63, 3.8) is 0 Å². The van der Waals surface area contributed by atoms with E-state index in [9.17, 15) is 9.59 Å².